The summed E-state index contributed by atoms with van der Waals surface area (Å²) in [7, 11) is 0. The van der Waals surface area contributed by atoms with E-state index in [-0.39, 0.29) is 18.5 Å². The Morgan fingerprint density at radius 3 is 2.70 bits per heavy atom. The number of carbonyl (C=O) groups is 1. The molecule has 0 radical (unpaired) electrons. The van der Waals surface area contributed by atoms with Crippen molar-refractivity contribution in [1.82, 2.24) is 4.98 Å². The fraction of sp³-hybridized carbons (Fsp3) is 0.333. The molecule has 106 valence electrons. The van der Waals surface area contributed by atoms with Crippen LogP contribution in [0.1, 0.15) is 26.2 Å². The highest BCUT2D eigenvalue weighted by Crippen LogP contribution is 2.21. The van der Waals surface area contributed by atoms with Crippen LogP contribution in [0.3, 0.4) is 0 Å². The number of carbonyl (C=O) groups excluding carboxylic acids is 1. The molecule has 0 saturated carbocycles. The molecule has 0 fully saturated rings. The van der Waals surface area contributed by atoms with Crippen molar-refractivity contribution in [2.24, 2.45) is 0 Å². The Bertz CT molecular complexity index is 575. The summed E-state index contributed by atoms with van der Waals surface area (Å²) >= 11 is 5.84. The van der Waals surface area contributed by atoms with Gasteiger partial charge in [0, 0.05) is 17.0 Å². The van der Waals surface area contributed by atoms with Gasteiger partial charge in [0.15, 0.2) is 5.89 Å². The minimum Gasteiger partial charge on any atom is -0.463 e. The van der Waals surface area contributed by atoms with Gasteiger partial charge in [-0.1, -0.05) is 23.7 Å². The molecule has 1 heterocycles. The Balaban J connectivity index is 1.95. The van der Waals surface area contributed by atoms with Crippen LogP contribution in [0.25, 0.3) is 11.3 Å². The van der Waals surface area contributed by atoms with Crippen molar-refractivity contribution in [3.8, 4) is 11.3 Å². The Labute approximate surface area is 122 Å². The number of esters is 1. The van der Waals surface area contributed by atoms with Gasteiger partial charge in [-0.15, -0.1) is 0 Å². The van der Waals surface area contributed by atoms with Crippen LogP contribution in [0.4, 0.5) is 0 Å². The Kier molecular flexibility index (Phi) is 4.79. The van der Waals surface area contributed by atoms with Crippen LogP contribution in [0.15, 0.2) is 34.9 Å². The predicted octanol–water partition coefficient (Wildman–Crippen LogP) is 3.88. The summed E-state index contributed by atoms with van der Waals surface area (Å²) in [6.45, 7) is 3.64. The van der Waals surface area contributed by atoms with Crippen LogP contribution in [-0.4, -0.2) is 17.1 Å². The Hall–Kier alpha value is -1.81. The van der Waals surface area contributed by atoms with Gasteiger partial charge in [-0.05, 0) is 26.0 Å². The first-order valence-corrected chi connectivity index (χ1v) is 6.82. The SMILES string of the molecule is CC(C)OC(=O)CCc1nc(-c2ccc(Cl)cc2)co1. The Morgan fingerprint density at radius 1 is 1.35 bits per heavy atom. The fourth-order valence-corrected chi connectivity index (χ4v) is 1.84. The largest absolute Gasteiger partial charge is 0.463 e. The topological polar surface area (TPSA) is 52.3 Å². The van der Waals surface area contributed by atoms with E-state index in [1.54, 1.807) is 18.4 Å². The molecule has 0 atom stereocenters. The van der Waals surface area contributed by atoms with Crippen molar-refractivity contribution < 1.29 is 13.9 Å². The van der Waals surface area contributed by atoms with Crippen molar-refractivity contribution >= 4 is 17.6 Å². The molecule has 0 aliphatic rings. The van der Waals surface area contributed by atoms with Gasteiger partial charge in [0.05, 0.1) is 12.5 Å². The van der Waals surface area contributed by atoms with E-state index in [2.05, 4.69) is 4.98 Å². The molecule has 1 aromatic carbocycles. The summed E-state index contributed by atoms with van der Waals surface area (Å²) in [6.07, 6.45) is 2.17. The third-order valence-electron chi connectivity index (χ3n) is 2.60. The summed E-state index contributed by atoms with van der Waals surface area (Å²) in [4.78, 5) is 15.8. The zero-order valence-electron chi connectivity index (χ0n) is 11.4. The van der Waals surface area contributed by atoms with Crippen molar-refractivity contribution in [3.05, 3.63) is 41.4 Å². The lowest BCUT2D eigenvalue weighted by Crippen LogP contribution is -2.11. The van der Waals surface area contributed by atoms with E-state index in [4.69, 9.17) is 20.8 Å². The quantitative estimate of drug-likeness (QED) is 0.785. The van der Waals surface area contributed by atoms with Crippen molar-refractivity contribution in [2.45, 2.75) is 32.8 Å². The fourth-order valence-electron chi connectivity index (χ4n) is 1.71. The van der Waals surface area contributed by atoms with E-state index in [1.165, 1.54) is 0 Å². The van der Waals surface area contributed by atoms with Gasteiger partial charge in [-0.25, -0.2) is 4.98 Å². The highest BCUT2D eigenvalue weighted by Gasteiger charge is 2.10. The standard InChI is InChI=1S/C15H16ClNO3/c1-10(2)20-15(18)8-7-14-17-13(9-19-14)11-3-5-12(16)6-4-11/h3-6,9-10H,7-8H2,1-2H3. The van der Waals surface area contributed by atoms with Crippen LogP contribution in [0, 0.1) is 0 Å². The van der Waals surface area contributed by atoms with Crippen LogP contribution >= 0.6 is 11.6 Å². The third kappa shape index (κ3) is 4.10. The van der Waals surface area contributed by atoms with Crippen molar-refractivity contribution in [2.75, 3.05) is 0 Å². The number of ether oxygens (including phenoxy) is 1. The number of aromatic nitrogens is 1. The summed E-state index contributed by atoms with van der Waals surface area (Å²) in [5.41, 5.74) is 1.66. The number of halogens is 1. The first-order valence-electron chi connectivity index (χ1n) is 6.44. The number of nitrogens with zero attached hydrogens (tertiary/aromatic N) is 1. The predicted molar refractivity (Wildman–Crippen MR) is 76.5 cm³/mol. The number of rotatable bonds is 5. The molecule has 0 bridgehead atoms. The summed E-state index contributed by atoms with van der Waals surface area (Å²) in [6, 6.07) is 7.34. The van der Waals surface area contributed by atoms with Gasteiger partial charge in [0.2, 0.25) is 0 Å². The average molecular weight is 294 g/mol. The molecule has 0 unspecified atom stereocenters. The lowest BCUT2D eigenvalue weighted by atomic mass is 10.2. The molecule has 0 aliphatic carbocycles. The second-order valence-electron chi connectivity index (χ2n) is 4.67. The molecule has 4 nitrogen and oxygen atoms in total. The number of oxazole rings is 1. The molecule has 0 N–H and O–H groups in total. The van der Waals surface area contributed by atoms with E-state index >= 15 is 0 Å². The molecule has 1 aromatic heterocycles. The highest BCUT2D eigenvalue weighted by molar-refractivity contribution is 6.30. The first kappa shape index (κ1) is 14.6. The van der Waals surface area contributed by atoms with Crippen LogP contribution in [0.5, 0.6) is 0 Å². The minimum absolute atomic E-state index is 0.100. The molecule has 0 amide bonds. The summed E-state index contributed by atoms with van der Waals surface area (Å²) in [5.74, 6) is 0.280. The number of hydrogen-bond donors (Lipinski definition) is 0. The smallest absolute Gasteiger partial charge is 0.306 e. The van der Waals surface area contributed by atoms with Crippen molar-refractivity contribution in [3.63, 3.8) is 0 Å². The Morgan fingerprint density at radius 2 is 2.05 bits per heavy atom. The second-order valence-corrected chi connectivity index (χ2v) is 5.11. The van der Waals surface area contributed by atoms with E-state index in [0.717, 1.165) is 11.3 Å². The lowest BCUT2D eigenvalue weighted by molar-refractivity contribution is -0.147. The zero-order chi connectivity index (χ0) is 14.5. The van der Waals surface area contributed by atoms with Gasteiger partial charge in [0.25, 0.3) is 0 Å². The van der Waals surface area contributed by atoms with E-state index in [9.17, 15) is 4.79 Å². The summed E-state index contributed by atoms with van der Waals surface area (Å²) < 4.78 is 10.4. The zero-order valence-corrected chi connectivity index (χ0v) is 12.2. The van der Waals surface area contributed by atoms with Gasteiger partial charge < -0.3 is 9.15 Å². The molecule has 0 spiro atoms. The molecule has 5 heteroatoms. The average Bonchev–Trinajstić information content (AvgIpc) is 2.85. The van der Waals surface area contributed by atoms with Gasteiger partial charge >= 0.3 is 5.97 Å². The first-order chi connectivity index (χ1) is 9.54. The number of benzene rings is 1. The molecular formula is C15H16ClNO3. The number of aryl methyl sites for hydroxylation is 1. The van der Waals surface area contributed by atoms with Crippen LogP contribution in [-0.2, 0) is 16.0 Å². The molecule has 0 aliphatic heterocycles. The monoisotopic (exact) mass is 293 g/mol. The van der Waals surface area contributed by atoms with E-state index in [0.29, 0.717) is 17.3 Å². The van der Waals surface area contributed by atoms with Gasteiger partial charge in [-0.3, -0.25) is 4.79 Å². The molecular weight excluding hydrogens is 278 g/mol. The maximum atomic E-state index is 11.4. The van der Waals surface area contributed by atoms with Crippen LogP contribution < -0.4 is 0 Å². The normalized spacial score (nSPS) is 10.8. The van der Waals surface area contributed by atoms with Gasteiger partial charge in [0.1, 0.15) is 12.0 Å². The highest BCUT2D eigenvalue weighted by atomic mass is 35.5. The maximum Gasteiger partial charge on any atom is 0.306 e. The number of hydrogen-bond acceptors (Lipinski definition) is 4. The lowest BCUT2D eigenvalue weighted by Gasteiger charge is -2.06. The molecule has 2 aromatic rings. The summed E-state index contributed by atoms with van der Waals surface area (Å²) in [5, 5.41) is 0.675. The second kappa shape index (κ2) is 6.57. The maximum absolute atomic E-state index is 11.4. The minimum atomic E-state index is -0.244. The molecule has 0 saturated heterocycles. The molecule has 20 heavy (non-hydrogen) atoms. The third-order valence-corrected chi connectivity index (χ3v) is 2.85. The van der Waals surface area contributed by atoms with Crippen LogP contribution in [0.2, 0.25) is 5.02 Å². The van der Waals surface area contributed by atoms with E-state index < -0.39 is 0 Å². The molecule has 2 rings (SSSR count). The van der Waals surface area contributed by atoms with Gasteiger partial charge in [-0.2, -0.15) is 0 Å². The van der Waals surface area contributed by atoms with E-state index in [1.807, 2.05) is 26.0 Å². The van der Waals surface area contributed by atoms with Crippen molar-refractivity contribution in [1.29, 1.82) is 0 Å².